The number of hydrogen-bond acceptors (Lipinski definition) is 6. The molecule has 26 heavy (non-hydrogen) atoms. The minimum Gasteiger partial charge on any atom is -0.393 e. The number of amides is 1. The van der Waals surface area contributed by atoms with Crippen LogP contribution in [-0.2, 0) is 0 Å². The summed E-state index contributed by atoms with van der Waals surface area (Å²) in [6.45, 7) is 0. The molecule has 132 valence electrons. The average molecular weight is 478 g/mol. The highest BCUT2D eigenvalue weighted by atomic mass is 79.9. The number of carbonyl (C=O) groups is 1. The minimum absolute atomic E-state index is 0.274. The fraction of sp³-hybridized carbons (Fsp3) is 0. The molecule has 3 aromatic rings. The lowest BCUT2D eigenvalue weighted by Gasteiger charge is -2.14. The van der Waals surface area contributed by atoms with E-state index in [1.54, 1.807) is 18.2 Å². The minimum atomic E-state index is -0.323. The Morgan fingerprint density at radius 1 is 0.923 bits per heavy atom. The van der Waals surface area contributed by atoms with Crippen LogP contribution < -0.4 is 21.9 Å². The van der Waals surface area contributed by atoms with Crippen LogP contribution in [0, 0.1) is 0 Å². The zero-order chi connectivity index (χ0) is 18.5. The highest BCUT2D eigenvalue weighted by molar-refractivity contribution is 9.11. The van der Waals surface area contributed by atoms with Crippen LogP contribution in [-0.4, -0.2) is 15.9 Å². The Kier molecular flexibility index (Phi) is 5.69. The number of nitrogen functional groups attached to an aromatic ring is 1. The smallest absolute Gasteiger partial charge is 0.270 e. The van der Waals surface area contributed by atoms with Crippen molar-refractivity contribution in [3.8, 4) is 0 Å². The molecule has 0 aliphatic rings. The first-order valence-electron chi connectivity index (χ1n) is 7.49. The third-order valence-corrected chi connectivity index (χ3v) is 4.81. The number of nitrogens with one attached hydrogen (secondary N) is 3. The van der Waals surface area contributed by atoms with Gasteiger partial charge in [0.25, 0.3) is 5.91 Å². The molecular formula is C17H14Br2N6O. The lowest BCUT2D eigenvalue weighted by Crippen LogP contribution is -2.30. The van der Waals surface area contributed by atoms with E-state index in [0.29, 0.717) is 15.9 Å². The second-order valence-corrected chi connectivity index (χ2v) is 6.86. The number of carbonyl (C=O) groups excluding carboxylic acids is 1. The number of para-hydroxylation sites is 1. The van der Waals surface area contributed by atoms with E-state index in [4.69, 9.17) is 5.73 Å². The molecule has 7 nitrogen and oxygen atoms in total. The van der Waals surface area contributed by atoms with Crippen LogP contribution in [0.4, 0.5) is 23.0 Å². The molecule has 0 saturated heterocycles. The van der Waals surface area contributed by atoms with E-state index in [1.165, 1.54) is 6.33 Å². The summed E-state index contributed by atoms with van der Waals surface area (Å²) in [5.41, 5.74) is 13.0. The monoisotopic (exact) mass is 476 g/mol. The first-order valence-corrected chi connectivity index (χ1v) is 9.08. The molecule has 0 spiro atoms. The summed E-state index contributed by atoms with van der Waals surface area (Å²) in [6.07, 6.45) is 1.35. The van der Waals surface area contributed by atoms with Gasteiger partial charge in [-0.15, -0.1) is 0 Å². The fourth-order valence-electron chi connectivity index (χ4n) is 2.11. The van der Waals surface area contributed by atoms with Crippen LogP contribution in [0.3, 0.4) is 0 Å². The number of hydrogen-bond donors (Lipinski definition) is 4. The number of nitrogens with two attached hydrogens (primary N) is 1. The Bertz CT molecular complexity index is 950. The van der Waals surface area contributed by atoms with Crippen molar-refractivity contribution in [2.24, 2.45) is 0 Å². The molecule has 0 fully saturated rings. The van der Waals surface area contributed by atoms with Gasteiger partial charge < -0.3 is 11.1 Å². The van der Waals surface area contributed by atoms with Crippen molar-refractivity contribution < 1.29 is 4.79 Å². The van der Waals surface area contributed by atoms with Gasteiger partial charge in [-0.1, -0.05) is 24.3 Å². The van der Waals surface area contributed by atoms with Crippen molar-refractivity contribution in [2.45, 2.75) is 0 Å². The lowest BCUT2D eigenvalue weighted by atomic mass is 10.2. The Morgan fingerprint density at radius 2 is 1.58 bits per heavy atom. The number of anilines is 4. The van der Waals surface area contributed by atoms with Crippen LogP contribution in [0.1, 0.15) is 10.4 Å². The molecule has 0 bridgehead atoms. The van der Waals surface area contributed by atoms with Crippen LogP contribution in [0.15, 0.2) is 63.8 Å². The van der Waals surface area contributed by atoms with E-state index in [-0.39, 0.29) is 17.4 Å². The number of aromatic nitrogens is 2. The van der Waals surface area contributed by atoms with E-state index in [1.807, 2.05) is 30.3 Å². The highest BCUT2D eigenvalue weighted by Gasteiger charge is 2.12. The molecular weight excluding hydrogens is 464 g/mol. The Balaban J connectivity index is 1.74. The van der Waals surface area contributed by atoms with E-state index in [2.05, 4.69) is 58.0 Å². The van der Waals surface area contributed by atoms with Crippen molar-refractivity contribution in [1.82, 2.24) is 15.4 Å². The molecule has 0 unspecified atom stereocenters. The van der Waals surface area contributed by atoms with Gasteiger partial charge in [0, 0.05) is 8.95 Å². The molecule has 5 N–H and O–H groups in total. The number of rotatable bonds is 5. The Labute approximate surface area is 166 Å². The topological polar surface area (TPSA) is 105 Å². The SMILES string of the molecule is Nc1c(NNC(=O)c2ccccc2Br)ncnc1Nc1ccccc1Br. The zero-order valence-corrected chi connectivity index (χ0v) is 16.5. The molecule has 0 saturated carbocycles. The highest BCUT2D eigenvalue weighted by Crippen LogP contribution is 2.29. The van der Waals surface area contributed by atoms with Crippen molar-refractivity contribution >= 4 is 60.8 Å². The summed E-state index contributed by atoms with van der Waals surface area (Å²) in [6, 6.07) is 14.7. The first-order chi connectivity index (χ1) is 12.6. The Morgan fingerprint density at radius 3 is 2.31 bits per heavy atom. The van der Waals surface area contributed by atoms with Gasteiger partial charge in [0.15, 0.2) is 11.6 Å². The van der Waals surface area contributed by atoms with Crippen LogP contribution in [0.25, 0.3) is 0 Å². The fourth-order valence-corrected chi connectivity index (χ4v) is 2.96. The molecule has 2 aromatic carbocycles. The van der Waals surface area contributed by atoms with Crippen LogP contribution >= 0.6 is 31.9 Å². The summed E-state index contributed by atoms with van der Waals surface area (Å²) >= 11 is 6.80. The maximum atomic E-state index is 12.3. The Hall–Kier alpha value is -2.65. The average Bonchev–Trinajstić information content (AvgIpc) is 2.64. The third kappa shape index (κ3) is 4.12. The first kappa shape index (κ1) is 18.2. The predicted molar refractivity (Wildman–Crippen MR) is 109 cm³/mol. The second-order valence-electron chi connectivity index (χ2n) is 5.15. The van der Waals surface area contributed by atoms with Gasteiger partial charge in [-0.25, -0.2) is 9.97 Å². The summed E-state index contributed by atoms with van der Waals surface area (Å²) in [5, 5.41) is 3.13. The summed E-state index contributed by atoms with van der Waals surface area (Å²) in [4.78, 5) is 20.5. The normalized spacial score (nSPS) is 10.2. The van der Waals surface area contributed by atoms with Crippen molar-refractivity contribution in [2.75, 3.05) is 16.5 Å². The van der Waals surface area contributed by atoms with Gasteiger partial charge in [0.2, 0.25) is 0 Å². The lowest BCUT2D eigenvalue weighted by molar-refractivity contribution is 0.0962. The molecule has 0 radical (unpaired) electrons. The van der Waals surface area contributed by atoms with Gasteiger partial charge >= 0.3 is 0 Å². The van der Waals surface area contributed by atoms with Crippen molar-refractivity contribution in [1.29, 1.82) is 0 Å². The number of benzene rings is 2. The van der Waals surface area contributed by atoms with E-state index < -0.39 is 0 Å². The van der Waals surface area contributed by atoms with E-state index in [0.717, 1.165) is 10.2 Å². The molecule has 1 aromatic heterocycles. The van der Waals surface area contributed by atoms with Crippen molar-refractivity contribution in [3.05, 3.63) is 69.4 Å². The number of nitrogens with zero attached hydrogens (tertiary/aromatic N) is 2. The summed E-state index contributed by atoms with van der Waals surface area (Å²) in [5.74, 6) is 0.385. The summed E-state index contributed by atoms with van der Waals surface area (Å²) in [7, 11) is 0. The molecule has 9 heteroatoms. The van der Waals surface area contributed by atoms with Gasteiger partial charge in [-0.2, -0.15) is 0 Å². The molecule has 1 amide bonds. The van der Waals surface area contributed by atoms with Gasteiger partial charge in [0.05, 0.1) is 11.3 Å². The van der Waals surface area contributed by atoms with Crippen LogP contribution in [0.5, 0.6) is 0 Å². The zero-order valence-electron chi connectivity index (χ0n) is 13.3. The quantitative estimate of drug-likeness (QED) is 0.412. The van der Waals surface area contributed by atoms with Gasteiger partial charge in [-0.05, 0) is 56.1 Å². The van der Waals surface area contributed by atoms with Gasteiger partial charge in [-0.3, -0.25) is 15.6 Å². The summed E-state index contributed by atoms with van der Waals surface area (Å²) < 4.78 is 1.56. The molecule has 3 rings (SSSR count). The van der Waals surface area contributed by atoms with Crippen molar-refractivity contribution in [3.63, 3.8) is 0 Å². The van der Waals surface area contributed by atoms with E-state index in [9.17, 15) is 4.79 Å². The largest absolute Gasteiger partial charge is 0.393 e. The van der Waals surface area contributed by atoms with Gasteiger partial charge in [0.1, 0.15) is 12.0 Å². The molecule has 0 aliphatic carbocycles. The predicted octanol–water partition coefficient (Wildman–Crippen LogP) is 4.08. The molecule has 0 aliphatic heterocycles. The number of halogens is 2. The maximum Gasteiger partial charge on any atom is 0.270 e. The van der Waals surface area contributed by atoms with E-state index >= 15 is 0 Å². The van der Waals surface area contributed by atoms with Crippen LogP contribution in [0.2, 0.25) is 0 Å². The maximum absolute atomic E-state index is 12.3. The second kappa shape index (κ2) is 8.15. The standard InChI is InChI=1S/C17H14Br2N6O/c18-11-6-2-1-5-10(11)17(26)25-24-16-14(20)15(21-9-22-16)23-13-8-4-3-7-12(13)19/h1-9H,20H2,(H,25,26)(H2,21,22,23,24). The molecule has 1 heterocycles. The molecule has 0 atom stereocenters. The third-order valence-electron chi connectivity index (χ3n) is 3.42. The number of hydrazine groups is 1.